The number of anilines is 1. The lowest BCUT2D eigenvalue weighted by atomic mass is 10.0. The third kappa shape index (κ3) is 2.80. The Balaban J connectivity index is 1.47. The number of carbonyl (C=O) groups excluding carboxylic acids is 2. The van der Waals surface area contributed by atoms with Gasteiger partial charge in [-0.3, -0.25) is 9.59 Å². The first-order chi connectivity index (χ1) is 13.6. The Morgan fingerprint density at radius 2 is 1.93 bits per heavy atom. The van der Waals surface area contributed by atoms with E-state index in [1.807, 2.05) is 30.3 Å². The molecule has 0 bridgehead atoms. The summed E-state index contributed by atoms with van der Waals surface area (Å²) in [6.45, 7) is 1.03. The number of amides is 2. The highest BCUT2D eigenvalue weighted by Gasteiger charge is 2.56. The third-order valence-electron chi connectivity index (χ3n) is 6.06. The standard InChI is InChI=1S/C22H22N2O4/c1-27-18-9-15-16(10-19(18)28-12-14-5-3-2-4-6-14)23-20(25)17-11-22(7-8-22)13-24(17)21(15)26/h2-6,9-10,17H,7-8,11-13H2,1H3,(H,23,25)/t17-/m0/s1. The highest BCUT2D eigenvalue weighted by Crippen LogP contribution is 2.55. The van der Waals surface area contributed by atoms with Crippen LogP contribution >= 0.6 is 0 Å². The molecule has 2 aromatic rings. The number of benzene rings is 2. The molecule has 0 radical (unpaired) electrons. The van der Waals surface area contributed by atoms with Gasteiger partial charge in [-0.1, -0.05) is 30.3 Å². The summed E-state index contributed by atoms with van der Waals surface area (Å²) < 4.78 is 11.4. The summed E-state index contributed by atoms with van der Waals surface area (Å²) in [6, 6.07) is 12.8. The first kappa shape index (κ1) is 17.1. The Morgan fingerprint density at radius 1 is 1.14 bits per heavy atom. The van der Waals surface area contributed by atoms with Crippen molar-refractivity contribution in [1.29, 1.82) is 0 Å². The van der Waals surface area contributed by atoms with E-state index in [9.17, 15) is 9.59 Å². The molecule has 1 spiro atoms. The van der Waals surface area contributed by atoms with Crippen LogP contribution in [-0.2, 0) is 11.4 Å². The molecule has 1 aliphatic carbocycles. The van der Waals surface area contributed by atoms with E-state index in [1.165, 1.54) is 0 Å². The topological polar surface area (TPSA) is 67.9 Å². The van der Waals surface area contributed by atoms with Crippen LogP contribution < -0.4 is 14.8 Å². The number of nitrogens with one attached hydrogen (secondary N) is 1. The van der Waals surface area contributed by atoms with E-state index in [2.05, 4.69) is 5.32 Å². The minimum absolute atomic E-state index is 0.116. The minimum Gasteiger partial charge on any atom is -0.493 e. The zero-order chi connectivity index (χ0) is 19.3. The summed E-state index contributed by atoms with van der Waals surface area (Å²) in [7, 11) is 1.55. The molecule has 5 rings (SSSR count). The second kappa shape index (κ2) is 6.26. The fraction of sp³-hybridized carbons (Fsp3) is 0.364. The predicted octanol–water partition coefficient (Wildman–Crippen LogP) is 3.22. The Hall–Kier alpha value is -3.02. The molecule has 3 aliphatic rings. The molecule has 2 aliphatic heterocycles. The molecule has 1 N–H and O–H groups in total. The number of methoxy groups -OCH3 is 1. The third-order valence-corrected chi connectivity index (χ3v) is 6.06. The van der Waals surface area contributed by atoms with Crippen molar-refractivity contribution in [3.8, 4) is 11.5 Å². The zero-order valence-electron chi connectivity index (χ0n) is 15.7. The van der Waals surface area contributed by atoms with Crippen LogP contribution in [0.15, 0.2) is 42.5 Å². The fourth-order valence-corrected chi connectivity index (χ4v) is 4.26. The van der Waals surface area contributed by atoms with Gasteiger partial charge in [0, 0.05) is 12.6 Å². The summed E-state index contributed by atoms with van der Waals surface area (Å²) in [4.78, 5) is 27.7. The van der Waals surface area contributed by atoms with Crippen molar-refractivity contribution < 1.29 is 19.1 Å². The first-order valence-electron chi connectivity index (χ1n) is 9.59. The minimum atomic E-state index is -0.387. The molecule has 0 aromatic heterocycles. The summed E-state index contributed by atoms with van der Waals surface area (Å²) in [6.07, 6.45) is 2.96. The summed E-state index contributed by atoms with van der Waals surface area (Å²) in [5.74, 6) is 0.750. The van der Waals surface area contributed by atoms with Crippen molar-refractivity contribution in [2.75, 3.05) is 19.0 Å². The second-order valence-electron chi connectivity index (χ2n) is 7.97. The van der Waals surface area contributed by atoms with Crippen LogP contribution in [0.4, 0.5) is 5.69 Å². The van der Waals surface area contributed by atoms with E-state index in [1.54, 1.807) is 24.1 Å². The SMILES string of the molecule is COc1cc2c(cc1OCc1ccccc1)NC(=O)[C@@H]1CC3(CC3)CN1C2=O. The molecular formula is C22H22N2O4. The average molecular weight is 378 g/mol. The van der Waals surface area contributed by atoms with Gasteiger partial charge in [-0.15, -0.1) is 0 Å². The molecule has 2 amide bonds. The van der Waals surface area contributed by atoms with Crippen molar-refractivity contribution >= 4 is 17.5 Å². The van der Waals surface area contributed by atoms with Crippen LogP contribution in [0.2, 0.25) is 0 Å². The number of fused-ring (bicyclic) bond motifs is 2. The fourth-order valence-electron chi connectivity index (χ4n) is 4.26. The molecule has 6 heteroatoms. The summed E-state index contributed by atoms with van der Waals surface area (Å²) >= 11 is 0. The molecule has 2 fully saturated rings. The number of nitrogens with zero attached hydrogens (tertiary/aromatic N) is 1. The summed E-state index contributed by atoms with van der Waals surface area (Å²) in [5, 5.41) is 2.94. The van der Waals surface area contributed by atoms with E-state index >= 15 is 0 Å². The van der Waals surface area contributed by atoms with Gasteiger partial charge < -0.3 is 19.7 Å². The van der Waals surface area contributed by atoms with Crippen LogP contribution in [0.1, 0.15) is 35.2 Å². The molecule has 1 atom stereocenters. The highest BCUT2D eigenvalue weighted by atomic mass is 16.5. The van der Waals surface area contributed by atoms with Gasteiger partial charge in [0.15, 0.2) is 11.5 Å². The predicted molar refractivity (Wildman–Crippen MR) is 104 cm³/mol. The van der Waals surface area contributed by atoms with Crippen molar-refractivity contribution in [2.24, 2.45) is 5.41 Å². The molecule has 0 unspecified atom stereocenters. The zero-order valence-corrected chi connectivity index (χ0v) is 15.7. The van der Waals surface area contributed by atoms with Gasteiger partial charge in [-0.2, -0.15) is 0 Å². The average Bonchev–Trinajstić information content (AvgIpc) is 3.37. The Morgan fingerprint density at radius 3 is 2.64 bits per heavy atom. The van der Waals surface area contributed by atoms with Crippen LogP contribution in [0.3, 0.4) is 0 Å². The number of carbonyl (C=O) groups is 2. The maximum Gasteiger partial charge on any atom is 0.256 e. The van der Waals surface area contributed by atoms with E-state index in [0.29, 0.717) is 35.9 Å². The molecule has 144 valence electrons. The van der Waals surface area contributed by atoms with E-state index in [-0.39, 0.29) is 23.3 Å². The van der Waals surface area contributed by atoms with Gasteiger partial charge in [0.1, 0.15) is 12.6 Å². The van der Waals surface area contributed by atoms with Crippen molar-refractivity contribution in [3.63, 3.8) is 0 Å². The van der Waals surface area contributed by atoms with Crippen LogP contribution in [0.25, 0.3) is 0 Å². The van der Waals surface area contributed by atoms with Crippen molar-refractivity contribution in [2.45, 2.75) is 31.9 Å². The van der Waals surface area contributed by atoms with Gasteiger partial charge in [0.2, 0.25) is 5.91 Å². The van der Waals surface area contributed by atoms with Crippen molar-refractivity contribution in [3.05, 3.63) is 53.6 Å². The van der Waals surface area contributed by atoms with E-state index in [0.717, 1.165) is 24.8 Å². The maximum atomic E-state index is 13.2. The molecule has 1 saturated heterocycles. The van der Waals surface area contributed by atoms with E-state index < -0.39 is 0 Å². The van der Waals surface area contributed by atoms with Crippen LogP contribution in [0, 0.1) is 5.41 Å². The van der Waals surface area contributed by atoms with Gasteiger partial charge in [-0.05, 0) is 36.3 Å². The molecule has 6 nitrogen and oxygen atoms in total. The normalized spacial score (nSPS) is 21.6. The Kier molecular flexibility index (Phi) is 3.82. The molecule has 2 heterocycles. The van der Waals surface area contributed by atoms with Crippen LogP contribution in [-0.4, -0.2) is 36.4 Å². The molecular weight excluding hydrogens is 356 g/mol. The maximum absolute atomic E-state index is 13.2. The lowest BCUT2D eigenvalue weighted by molar-refractivity contribution is -0.119. The number of rotatable bonds is 4. The molecule has 1 saturated carbocycles. The summed E-state index contributed by atoms with van der Waals surface area (Å²) in [5.41, 5.74) is 2.13. The molecule has 28 heavy (non-hydrogen) atoms. The van der Waals surface area contributed by atoms with E-state index in [4.69, 9.17) is 9.47 Å². The van der Waals surface area contributed by atoms with Gasteiger partial charge in [0.25, 0.3) is 5.91 Å². The smallest absolute Gasteiger partial charge is 0.256 e. The monoisotopic (exact) mass is 378 g/mol. The molecule has 2 aromatic carbocycles. The van der Waals surface area contributed by atoms with Gasteiger partial charge >= 0.3 is 0 Å². The Labute approximate surface area is 163 Å². The lowest BCUT2D eigenvalue weighted by Crippen LogP contribution is -2.40. The van der Waals surface area contributed by atoms with Crippen molar-refractivity contribution in [1.82, 2.24) is 4.90 Å². The highest BCUT2D eigenvalue weighted by molar-refractivity contribution is 6.10. The second-order valence-corrected chi connectivity index (χ2v) is 7.97. The van der Waals surface area contributed by atoms with Crippen LogP contribution in [0.5, 0.6) is 11.5 Å². The lowest BCUT2D eigenvalue weighted by Gasteiger charge is -2.20. The quantitative estimate of drug-likeness (QED) is 0.887. The van der Waals surface area contributed by atoms with Gasteiger partial charge in [0.05, 0.1) is 18.4 Å². The number of hydrogen-bond donors (Lipinski definition) is 1. The number of ether oxygens (including phenoxy) is 2. The first-order valence-corrected chi connectivity index (χ1v) is 9.59. The van der Waals surface area contributed by atoms with Gasteiger partial charge in [-0.25, -0.2) is 0 Å². The Bertz CT molecular complexity index is 953. The number of hydrogen-bond acceptors (Lipinski definition) is 4. The largest absolute Gasteiger partial charge is 0.493 e.